The number of imide groups is 1. The normalized spacial score (nSPS) is 15.4. The standard InChI is InChI=1S/C18H14FNO4S/c1-23-14-4-2-3-12(9-15-17(21)20-18(22)25-15)16(14)24-10-11-5-7-13(19)8-6-11/h2-9H,10H2,1H3,(H,20,21,22)/b15-9-. The number of carbonyl (C=O) groups is 2. The fourth-order valence-corrected chi connectivity index (χ4v) is 2.93. The van der Waals surface area contributed by atoms with Gasteiger partial charge in [-0.2, -0.15) is 0 Å². The quantitative estimate of drug-likeness (QED) is 0.824. The molecule has 0 spiro atoms. The number of ether oxygens (including phenoxy) is 2. The van der Waals surface area contributed by atoms with Crippen molar-refractivity contribution in [2.24, 2.45) is 0 Å². The van der Waals surface area contributed by atoms with Crippen molar-refractivity contribution in [1.82, 2.24) is 5.32 Å². The molecule has 0 aromatic heterocycles. The Morgan fingerprint density at radius 1 is 1.16 bits per heavy atom. The van der Waals surface area contributed by atoms with Gasteiger partial charge in [0, 0.05) is 5.56 Å². The second kappa shape index (κ2) is 7.40. The van der Waals surface area contributed by atoms with Gasteiger partial charge < -0.3 is 9.47 Å². The summed E-state index contributed by atoms with van der Waals surface area (Å²) in [7, 11) is 1.51. The van der Waals surface area contributed by atoms with Gasteiger partial charge in [0.2, 0.25) is 0 Å². The van der Waals surface area contributed by atoms with Crippen molar-refractivity contribution in [3.63, 3.8) is 0 Å². The maximum absolute atomic E-state index is 13.0. The maximum atomic E-state index is 13.0. The van der Waals surface area contributed by atoms with Crippen molar-refractivity contribution >= 4 is 29.0 Å². The third-order valence-corrected chi connectivity index (χ3v) is 4.26. The second-order valence-corrected chi connectivity index (χ2v) is 6.16. The van der Waals surface area contributed by atoms with Gasteiger partial charge in [0.25, 0.3) is 11.1 Å². The Balaban J connectivity index is 1.89. The molecule has 25 heavy (non-hydrogen) atoms. The van der Waals surface area contributed by atoms with E-state index >= 15 is 0 Å². The number of carbonyl (C=O) groups excluding carboxylic acids is 2. The van der Waals surface area contributed by atoms with Gasteiger partial charge in [-0.1, -0.05) is 24.3 Å². The number of hydrogen-bond acceptors (Lipinski definition) is 5. The molecule has 0 atom stereocenters. The Hall–Kier alpha value is -2.80. The van der Waals surface area contributed by atoms with E-state index in [9.17, 15) is 14.0 Å². The van der Waals surface area contributed by atoms with Gasteiger partial charge in [0.05, 0.1) is 12.0 Å². The van der Waals surface area contributed by atoms with Crippen LogP contribution in [0.15, 0.2) is 47.4 Å². The molecule has 2 aromatic carbocycles. The van der Waals surface area contributed by atoms with Crippen molar-refractivity contribution in [1.29, 1.82) is 0 Å². The smallest absolute Gasteiger partial charge is 0.290 e. The van der Waals surface area contributed by atoms with E-state index in [-0.39, 0.29) is 17.3 Å². The van der Waals surface area contributed by atoms with Gasteiger partial charge in [-0.15, -0.1) is 0 Å². The molecule has 0 aliphatic carbocycles. The molecule has 0 unspecified atom stereocenters. The van der Waals surface area contributed by atoms with E-state index in [2.05, 4.69) is 5.32 Å². The number of methoxy groups -OCH3 is 1. The van der Waals surface area contributed by atoms with Crippen molar-refractivity contribution in [2.45, 2.75) is 6.61 Å². The zero-order valence-corrected chi connectivity index (χ0v) is 14.1. The lowest BCUT2D eigenvalue weighted by Crippen LogP contribution is -2.17. The maximum Gasteiger partial charge on any atom is 0.290 e. The summed E-state index contributed by atoms with van der Waals surface area (Å²) in [5.41, 5.74) is 1.39. The molecule has 128 valence electrons. The molecular weight excluding hydrogens is 345 g/mol. The third-order valence-electron chi connectivity index (χ3n) is 3.45. The minimum Gasteiger partial charge on any atom is -0.493 e. The van der Waals surface area contributed by atoms with E-state index in [1.807, 2.05) is 0 Å². The van der Waals surface area contributed by atoms with Crippen LogP contribution < -0.4 is 14.8 Å². The van der Waals surface area contributed by atoms with E-state index in [1.165, 1.54) is 19.2 Å². The van der Waals surface area contributed by atoms with Crippen LogP contribution in [0.2, 0.25) is 0 Å². The fraction of sp³-hybridized carbons (Fsp3) is 0.111. The highest BCUT2D eigenvalue weighted by Crippen LogP contribution is 2.35. The highest BCUT2D eigenvalue weighted by atomic mass is 32.2. The molecule has 1 N–H and O–H groups in total. The molecule has 1 fully saturated rings. The number of nitrogens with one attached hydrogen (secondary N) is 1. The van der Waals surface area contributed by atoms with Crippen LogP contribution in [-0.4, -0.2) is 18.3 Å². The molecule has 0 bridgehead atoms. The van der Waals surface area contributed by atoms with Gasteiger partial charge in [-0.05, 0) is 41.6 Å². The summed E-state index contributed by atoms with van der Waals surface area (Å²) in [5.74, 6) is 0.170. The largest absolute Gasteiger partial charge is 0.493 e. The average Bonchev–Trinajstić information content (AvgIpc) is 2.92. The predicted octanol–water partition coefficient (Wildman–Crippen LogP) is 3.74. The summed E-state index contributed by atoms with van der Waals surface area (Å²) >= 11 is 0.830. The summed E-state index contributed by atoms with van der Waals surface area (Å²) in [5, 5.41) is 1.80. The monoisotopic (exact) mass is 359 g/mol. The van der Waals surface area contributed by atoms with Gasteiger partial charge >= 0.3 is 0 Å². The molecule has 5 nitrogen and oxygen atoms in total. The second-order valence-electron chi connectivity index (χ2n) is 5.15. The lowest BCUT2D eigenvalue weighted by molar-refractivity contribution is -0.115. The van der Waals surface area contributed by atoms with Crippen LogP contribution in [0.4, 0.5) is 9.18 Å². The summed E-state index contributed by atoms with van der Waals surface area (Å²) < 4.78 is 24.1. The van der Waals surface area contributed by atoms with E-state index in [0.29, 0.717) is 17.1 Å². The van der Waals surface area contributed by atoms with Crippen LogP contribution in [0, 0.1) is 5.82 Å². The summed E-state index contributed by atoms with van der Waals surface area (Å²) in [6.45, 7) is 0.203. The lowest BCUT2D eigenvalue weighted by atomic mass is 10.1. The average molecular weight is 359 g/mol. The third kappa shape index (κ3) is 4.00. The van der Waals surface area contributed by atoms with E-state index < -0.39 is 11.1 Å². The van der Waals surface area contributed by atoms with Crippen molar-refractivity contribution < 1.29 is 23.5 Å². The molecule has 2 amide bonds. The van der Waals surface area contributed by atoms with Gasteiger partial charge in [-0.25, -0.2) is 4.39 Å². The van der Waals surface area contributed by atoms with Crippen LogP contribution in [-0.2, 0) is 11.4 Å². The minimum absolute atomic E-state index is 0.203. The van der Waals surface area contributed by atoms with Crippen molar-refractivity contribution in [3.05, 3.63) is 64.3 Å². The Morgan fingerprint density at radius 3 is 2.56 bits per heavy atom. The van der Waals surface area contributed by atoms with E-state index in [4.69, 9.17) is 9.47 Å². The first-order chi connectivity index (χ1) is 12.1. The summed E-state index contributed by atoms with van der Waals surface area (Å²) in [6.07, 6.45) is 1.58. The first kappa shape index (κ1) is 17.0. The number of hydrogen-bond donors (Lipinski definition) is 1. The molecule has 0 saturated carbocycles. The Bertz CT molecular complexity index is 849. The summed E-state index contributed by atoms with van der Waals surface area (Å²) in [4.78, 5) is 23.3. The van der Waals surface area contributed by atoms with Crippen molar-refractivity contribution in [2.75, 3.05) is 7.11 Å². The van der Waals surface area contributed by atoms with Gasteiger partial charge in [-0.3, -0.25) is 14.9 Å². The number of rotatable bonds is 5. The predicted molar refractivity (Wildman–Crippen MR) is 92.8 cm³/mol. The Morgan fingerprint density at radius 2 is 1.92 bits per heavy atom. The van der Waals surface area contributed by atoms with E-state index in [0.717, 1.165) is 17.3 Å². The molecule has 1 aliphatic rings. The molecule has 2 aromatic rings. The minimum atomic E-state index is -0.442. The van der Waals surface area contributed by atoms with Crippen LogP contribution in [0.3, 0.4) is 0 Å². The zero-order valence-electron chi connectivity index (χ0n) is 13.2. The van der Waals surface area contributed by atoms with E-state index in [1.54, 1.807) is 36.4 Å². The highest BCUT2D eigenvalue weighted by Gasteiger charge is 2.25. The molecular formula is C18H14FNO4S. The van der Waals surface area contributed by atoms with Gasteiger partial charge in [0.1, 0.15) is 12.4 Å². The molecule has 7 heteroatoms. The van der Waals surface area contributed by atoms with Crippen LogP contribution in [0.1, 0.15) is 11.1 Å². The summed E-state index contributed by atoms with van der Waals surface area (Å²) in [6, 6.07) is 11.2. The number of halogens is 1. The SMILES string of the molecule is COc1cccc(/C=C2\SC(=O)NC2=O)c1OCc1ccc(F)cc1. The number of thioether (sulfide) groups is 1. The number of para-hydroxylation sites is 1. The zero-order chi connectivity index (χ0) is 17.8. The highest BCUT2D eigenvalue weighted by molar-refractivity contribution is 8.18. The first-order valence-electron chi connectivity index (χ1n) is 7.36. The van der Waals surface area contributed by atoms with Crippen LogP contribution in [0.25, 0.3) is 6.08 Å². The Labute approximate surface area is 147 Å². The van der Waals surface area contributed by atoms with Gasteiger partial charge in [0.15, 0.2) is 11.5 Å². The van der Waals surface area contributed by atoms with Crippen LogP contribution in [0.5, 0.6) is 11.5 Å². The fourth-order valence-electron chi connectivity index (χ4n) is 2.26. The van der Waals surface area contributed by atoms with Crippen LogP contribution >= 0.6 is 11.8 Å². The molecule has 1 aliphatic heterocycles. The Kier molecular flexibility index (Phi) is 5.04. The molecule has 0 radical (unpaired) electrons. The lowest BCUT2D eigenvalue weighted by Gasteiger charge is -2.13. The first-order valence-corrected chi connectivity index (χ1v) is 8.17. The molecule has 1 heterocycles. The number of amides is 2. The number of benzene rings is 2. The topological polar surface area (TPSA) is 64.6 Å². The molecule has 3 rings (SSSR count). The van der Waals surface area contributed by atoms with Crippen molar-refractivity contribution in [3.8, 4) is 11.5 Å². The molecule has 1 saturated heterocycles.